The van der Waals surface area contributed by atoms with Crippen LogP contribution in [0.1, 0.15) is 76.8 Å². The number of alkyl carbamates (subject to hydrolysis) is 1. The Morgan fingerprint density at radius 3 is 2.62 bits per heavy atom. The van der Waals surface area contributed by atoms with Crippen LogP contribution in [-0.4, -0.2) is 80.7 Å². The molecule has 5 rings (SSSR count). The van der Waals surface area contributed by atoms with Crippen LogP contribution in [0.25, 0.3) is 0 Å². The SMILES string of the molecule is CC(C)(C)OC(=O)N[C@H]1CCCCC/C=C\[C@@H]2C[C@@]2(C(=O)O)NC(=O)C2C[C@@H](OC(=O)N3Cc4cccc(Cl)c4C3)CN2C1=O. The molecule has 1 aromatic rings. The molecule has 1 saturated carbocycles. The van der Waals surface area contributed by atoms with Gasteiger partial charge in [-0.2, -0.15) is 0 Å². The lowest BCUT2D eigenvalue weighted by Gasteiger charge is -2.30. The highest BCUT2D eigenvalue weighted by molar-refractivity contribution is 6.31. The summed E-state index contributed by atoms with van der Waals surface area (Å²) in [6, 6.07) is 3.35. The maximum atomic E-state index is 14.1. The largest absolute Gasteiger partial charge is 0.479 e. The quantitative estimate of drug-likeness (QED) is 0.415. The fraction of sp³-hybridized carbons (Fsp3) is 0.594. The van der Waals surface area contributed by atoms with Gasteiger partial charge in [-0.15, -0.1) is 0 Å². The molecule has 1 unspecified atom stereocenters. The standard InChI is InChI=1S/C32H41ClN4O8/c1-31(2,3)45-29(42)34-24-13-8-6-4-5-7-11-20-15-32(20,28(40)41)35-26(38)25-14-21(17-37(25)27(24)39)44-30(43)36-16-19-10-9-12-23(33)22(19)18-36/h7,9-12,20-21,24-25H,4-6,8,13-18H2,1-3H3,(H,34,42)(H,35,38)(H,40,41)/b11-7-/t20-,21-,24+,25?,32-/m1/s1. The molecular formula is C32H41ClN4O8. The highest BCUT2D eigenvalue weighted by Crippen LogP contribution is 2.45. The van der Waals surface area contributed by atoms with E-state index in [4.69, 9.17) is 21.1 Å². The lowest BCUT2D eigenvalue weighted by Crippen LogP contribution is -2.56. The zero-order valence-corrected chi connectivity index (χ0v) is 26.6. The van der Waals surface area contributed by atoms with Crippen LogP contribution in [0.3, 0.4) is 0 Å². The summed E-state index contributed by atoms with van der Waals surface area (Å²) >= 11 is 6.32. The summed E-state index contributed by atoms with van der Waals surface area (Å²) in [5.74, 6) is -2.69. The van der Waals surface area contributed by atoms with Gasteiger partial charge in [0.15, 0.2) is 0 Å². The van der Waals surface area contributed by atoms with Gasteiger partial charge in [0, 0.05) is 23.9 Å². The van der Waals surface area contributed by atoms with Gasteiger partial charge in [-0.05, 0) is 63.6 Å². The first-order valence-corrected chi connectivity index (χ1v) is 15.9. The molecule has 1 aromatic carbocycles. The molecule has 2 fully saturated rings. The summed E-state index contributed by atoms with van der Waals surface area (Å²) < 4.78 is 11.2. The second-order valence-corrected chi connectivity index (χ2v) is 13.7. The Hall–Kier alpha value is -3.80. The third-order valence-corrected chi connectivity index (χ3v) is 9.12. The van der Waals surface area contributed by atoms with Gasteiger partial charge < -0.3 is 30.1 Å². The van der Waals surface area contributed by atoms with Crippen LogP contribution in [-0.2, 0) is 36.9 Å². The number of aliphatic carboxylic acids is 1. The van der Waals surface area contributed by atoms with E-state index >= 15 is 0 Å². The summed E-state index contributed by atoms with van der Waals surface area (Å²) in [6.45, 7) is 5.63. The molecule has 5 atom stereocenters. The number of amides is 4. The van der Waals surface area contributed by atoms with Gasteiger partial charge >= 0.3 is 18.2 Å². The Morgan fingerprint density at radius 2 is 1.91 bits per heavy atom. The van der Waals surface area contributed by atoms with E-state index < -0.39 is 59.3 Å². The summed E-state index contributed by atoms with van der Waals surface area (Å²) in [4.78, 5) is 68.9. The smallest absolute Gasteiger partial charge is 0.410 e. The van der Waals surface area contributed by atoms with Crippen molar-refractivity contribution >= 4 is 41.6 Å². The van der Waals surface area contributed by atoms with Gasteiger partial charge in [0.05, 0.1) is 13.1 Å². The molecule has 3 aliphatic heterocycles. The Labute approximate surface area is 267 Å². The van der Waals surface area contributed by atoms with Gasteiger partial charge in [-0.3, -0.25) is 14.5 Å². The molecule has 3 heterocycles. The summed E-state index contributed by atoms with van der Waals surface area (Å²) in [5, 5.41) is 16.0. The first-order valence-electron chi connectivity index (χ1n) is 15.5. The van der Waals surface area contributed by atoms with Gasteiger partial charge in [0.1, 0.15) is 29.3 Å². The van der Waals surface area contributed by atoms with Crippen LogP contribution in [0.15, 0.2) is 30.4 Å². The minimum Gasteiger partial charge on any atom is -0.479 e. The monoisotopic (exact) mass is 644 g/mol. The molecule has 3 N–H and O–H groups in total. The van der Waals surface area contributed by atoms with Crippen LogP contribution in [0.2, 0.25) is 5.02 Å². The number of allylic oxidation sites excluding steroid dienone is 1. The van der Waals surface area contributed by atoms with Crippen molar-refractivity contribution in [3.8, 4) is 0 Å². The number of nitrogens with one attached hydrogen (secondary N) is 2. The van der Waals surface area contributed by atoms with Crippen LogP contribution >= 0.6 is 11.6 Å². The summed E-state index contributed by atoms with van der Waals surface area (Å²) in [7, 11) is 0. The maximum absolute atomic E-state index is 14.1. The van der Waals surface area contributed by atoms with Crippen LogP contribution in [0.4, 0.5) is 9.59 Å². The Morgan fingerprint density at radius 1 is 1.13 bits per heavy atom. The van der Waals surface area contributed by atoms with E-state index in [1.165, 1.54) is 9.80 Å². The van der Waals surface area contributed by atoms with Crippen molar-refractivity contribution in [2.75, 3.05) is 6.54 Å². The number of carbonyl (C=O) groups excluding carboxylic acids is 4. The van der Waals surface area contributed by atoms with Crippen molar-refractivity contribution in [2.24, 2.45) is 5.92 Å². The molecule has 1 aliphatic carbocycles. The van der Waals surface area contributed by atoms with Crippen molar-refractivity contribution in [3.05, 3.63) is 46.5 Å². The molecule has 12 nitrogen and oxygen atoms in total. The second kappa shape index (κ2) is 12.9. The second-order valence-electron chi connectivity index (χ2n) is 13.3. The zero-order valence-electron chi connectivity index (χ0n) is 25.8. The average molecular weight is 645 g/mol. The van der Waals surface area contributed by atoms with Crippen molar-refractivity contribution in [1.82, 2.24) is 20.4 Å². The first kappa shape index (κ1) is 32.6. The minimum absolute atomic E-state index is 0.0276. The van der Waals surface area contributed by atoms with Gasteiger partial charge in [-0.1, -0.05) is 48.7 Å². The number of rotatable bonds is 3. The van der Waals surface area contributed by atoms with E-state index in [2.05, 4.69) is 10.6 Å². The van der Waals surface area contributed by atoms with E-state index in [-0.39, 0.29) is 31.8 Å². The van der Waals surface area contributed by atoms with Crippen LogP contribution in [0.5, 0.6) is 0 Å². The Bertz CT molecular complexity index is 1390. The minimum atomic E-state index is -1.47. The van der Waals surface area contributed by atoms with E-state index in [0.717, 1.165) is 30.4 Å². The van der Waals surface area contributed by atoms with Crippen molar-refractivity contribution in [3.63, 3.8) is 0 Å². The van der Waals surface area contributed by atoms with Crippen molar-refractivity contribution in [1.29, 1.82) is 0 Å². The lowest BCUT2D eigenvalue weighted by molar-refractivity contribution is -0.145. The number of carbonyl (C=O) groups is 5. The van der Waals surface area contributed by atoms with E-state index in [1.54, 1.807) is 26.8 Å². The van der Waals surface area contributed by atoms with Crippen LogP contribution < -0.4 is 10.6 Å². The molecule has 0 aromatic heterocycles. The number of fused-ring (bicyclic) bond motifs is 3. The summed E-state index contributed by atoms with van der Waals surface area (Å²) in [5.41, 5.74) is -0.504. The number of carboxylic acids is 1. The molecule has 0 spiro atoms. The topological polar surface area (TPSA) is 155 Å². The lowest BCUT2D eigenvalue weighted by atomic mass is 10.0. The number of benzene rings is 1. The van der Waals surface area contributed by atoms with Gasteiger partial charge in [0.25, 0.3) is 0 Å². The first-order chi connectivity index (χ1) is 21.3. The molecule has 4 aliphatic rings. The van der Waals surface area contributed by atoms with Crippen molar-refractivity contribution in [2.45, 2.75) is 108 Å². The molecule has 13 heteroatoms. The molecule has 0 bridgehead atoms. The number of carboxylic acid groups (broad SMARTS) is 1. The summed E-state index contributed by atoms with van der Waals surface area (Å²) in [6.07, 6.45) is 5.04. The molecule has 45 heavy (non-hydrogen) atoms. The molecule has 244 valence electrons. The fourth-order valence-electron chi connectivity index (χ4n) is 6.32. The predicted molar refractivity (Wildman–Crippen MR) is 163 cm³/mol. The molecular weight excluding hydrogens is 604 g/mol. The molecule has 0 radical (unpaired) electrons. The number of hydrogen-bond acceptors (Lipinski definition) is 7. The maximum Gasteiger partial charge on any atom is 0.410 e. The molecule has 4 amide bonds. The third kappa shape index (κ3) is 7.37. The average Bonchev–Trinajstić information content (AvgIpc) is 3.27. The van der Waals surface area contributed by atoms with E-state index in [9.17, 15) is 29.1 Å². The zero-order chi connectivity index (χ0) is 32.5. The van der Waals surface area contributed by atoms with Crippen LogP contribution in [0, 0.1) is 5.92 Å². The number of hydrogen-bond donors (Lipinski definition) is 3. The highest BCUT2D eigenvalue weighted by Gasteiger charge is 2.61. The van der Waals surface area contributed by atoms with E-state index in [0.29, 0.717) is 24.4 Å². The Kier molecular flexibility index (Phi) is 9.34. The number of nitrogens with zero attached hydrogens (tertiary/aromatic N) is 2. The Balaban J connectivity index is 1.37. The van der Waals surface area contributed by atoms with Gasteiger partial charge in [0.2, 0.25) is 11.8 Å². The van der Waals surface area contributed by atoms with Gasteiger partial charge in [-0.25, -0.2) is 14.4 Å². The number of ether oxygens (including phenoxy) is 2. The predicted octanol–water partition coefficient (Wildman–Crippen LogP) is 4.13. The normalized spacial score (nSPS) is 29.2. The van der Waals surface area contributed by atoms with E-state index in [1.807, 2.05) is 24.3 Å². The molecule has 1 saturated heterocycles. The highest BCUT2D eigenvalue weighted by atomic mass is 35.5. The van der Waals surface area contributed by atoms with Crippen molar-refractivity contribution < 1.29 is 38.6 Å². The number of halogens is 1. The fourth-order valence-corrected chi connectivity index (χ4v) is 6.58. The third-order valence-electron chi connectivity index (χ3n) is 8.76.